The van der Waals surface area contributed by atoms with E-state index < -0.39 is 34.8 Å². The molecule has 0 unspecified atom stereocenters. The largest absolute Gasteiger partial charge is 0.335 e. The third kappa shape index (κ3) is 4.25. The number of hydrogen-bond acceptors (Lipinski definition) is 4. The molecule has 2 heterocycles. The maximum atomic E-state index is 13.4. The van der Waals surface area contributed by atoms with E-state index in [0.717, 1.165) is 16.8 Å². The number of aromatic nitrogens is 2. The van der Waals surface area contributed by atoms with Gasteiger partial charge in [-0.2, -0.15) is 9.78 Å². The zero-order chi connectivity index (χ0) is 22.8. The fourth-order valence-corrected chi connectivity index (χ4v) is 3.38. The second-order valence-electron chi connectivity index (χ2n) is 7.16. The van der Waals surface area contributed by atoms with Crippen molar-refractivity contribution >= 4 is 11.8 Å². The SMILES string of the molecule is O=C(c1ccc(F)c(F)c1)N1CCN(C(=O)c2ccc(=O)n(-c3ccc(F)cc3)n2)CC1. The fourth-order valence-electron chi connectivity index (χ4n) is 3.38. The molecule has 10 heteroatoms. The summed E-state index contributed by atoms with van der Waals surface area (Å²) in [6, 6.07) is 10.6. The molecule has 0 saturated carbocycles. The van der Waals surface area contributed by atoms with Crippen LogP contribution in [0.4, 0.5) is 13.2 Å². The Labute approximate surface area is 180 Å². The molecule has 0 bridgehead atoms. The first kappa shape index (κ1) is 21.3. The zero-order valence-corrected chi connectivity index (χ0v) is 16.7. The summed E-state index contributed by atoms with van der Waals surface area (Å²) in [5.74, 6) is -3.50. The summed E-state index contributed by atoms with van der Waals surface area (Å²) in [7, 11) is 0. The number of carbonyl (C=O) groups is 2. The van der Waals surface area contributed by atoms with E-state index in [1.165, 1.54) is 52.3 Å². The highest BCUT2D eigenvalue weighted by Crippen LogP contribution is 2.14. The van der Waals surface area contributed by atoms with Crippen molar-refractivity contribution in [3.63, 3.8) is 0 Å². The fraction of sp³-hybridized carbons (Fsp3) is 0.182. The average molecular weight is 442 g/mol. The van der Waals surface area contributed by atoms with E-state index in [0.29, 0.717) is 5.69 Å². The lowest BCUT2D eigenvalue weighted by molar-refractivity contribution is 0.0531. The lowest BCUT2D eigenvalue weighted by Crippen LogP contribution is -2.51. The van der Waals surface area contributed by atoms with Crippen LogP contribution in [0.5, 0.6) is 0 Å². The first-order chi connectivity index (χ1) is 15.3. The molecule has 2 aromatic carbocycles. The third-order valence-electron chi connectivity index (χ3n) is 5.11. The molecular formula is C22H17F3N4O3. The van der Waals surface area contributed by atoms with Crippen molar-refractivity contribution in [2.24, 2.45) is 0 Å². The summed E-state index contributed by atoms with van der Waals surface area (Å²) in [4.78, 5) is 40.5. The van der Waals surface area contributed by atoms with Crippen molar-refractivity contribution < 1.29 is 22.8 Å². The number of nitrogens with zero attached hydrogens (tertiary/aromatic N) is 4. The second-order valence-corrected chi connectivity index (χ2v) is 7.16. The molecule has 0 atom stereocenters. The summed E-state index contributed by atoms with van der Waals surface area (Å²) in [6.45, 7) is 0.791. The molecule has 0 N–H and O–H groups in total. The van der Waals surface area contributed by atoms with Crippen molar-refractivity contribution in [3.8, 4) is 5.69 Å². The summed E-state index contributed by atoms with van der Waals surface area (Å²) in [5.41, 5.74) is -0.117. The Balaban J connectivity index is 1.46. The van der Waals surface area contributed by atoms with Crippen LogP contribution in [0.2, 0.25) is 0 Å². The Morgan fingerprint density at radius 1 is 0.750 bits per heavy atom. The minimum atomic E-state index is -1.10. The predicted octanol–water partition coefficient (Wildman–Crippen LogP) is 2.25. The van der Waals surface area contributed by atoms with Gasteiger partial charge in [-0.25, -0.2) is 13.2 Å². The summed E-state index contributed by atoms with van der Waals surface area (Å²) < 4.78 is 40.7. The van der Waals surface area contributed by atoms with Gasteiger partial charge in [0.05, 0.1) is 5.69 Å². The Morgan fingerprint density at radius 3 is 2.00 bits per heavy atom. The van der Waals surface area contributed by atoms with Crippen molar-refractivity contribution in [2.45, 2.75) is 0 Å². The predicted molar refractivity (Wildman–Crippen MR) is 108 cm³/mol. The Hall–Kier alpha value is -3.95. The lowest BCUT2D eigenvalue weighted by atomic mass is 10.1. The molecule has 1 aliphatic rings. The molecule has 1 aliphatic heterocycles. The highest BCUT2D eigenvalue weighted by molar-refractivity contribution is 5.95. The van der Waals surface area contributed by atoms with Gasteiger partial charge in [0, 0.05) is 37.8 Å². The van der Waals surface area contributed by atoms with Crippen LogP contribution < -0.4 is 5.56 Å². The Bertz CT molecular complexity index is 1240. The van der Waals surface area contributed by atoms with Crippen LogP contribution in [0.3, 0.4) is 0 Å². The van der Waals surface area contributed by atoms with E-state index in [1.807, 2.05) is 0 Å². The minimum absolute atomic E-state index is 0.0225. The van der Waals surface area contributed by atoms with E-state index in [1.54, 1.807) is 0 Å². The standard InChI is InChI=1S/C22H17F3N4O3/c23-15-2-4-16(5-3-15)29-20(30)8-7-19(26-29)22(32)28-11-9-27(10-12-28)21(31)14-1-6-17(24)18(25)13-14/h1-8,13H,9-12H2. The van der Waals surface area contributed by atoms with Crippen molar-refractivity contribution in [3.05, 3.63) is 93.7 Å². The first-order valence-electron chi connectivity index (χ1n) is 9.73. The van der Waals surface area contributed by atoms with Crippen LogP contribution in [-0.2, 0) is 0 Å². The molecule has 0 spiro atoms. The lowest BCUT2D eigenvalue weighted by Gasteiger charge is -2.34. The average Bonchev–Trinajstić information content (AvgIpc) is 2.81. The van der Waals surface area contributed by atoms with Gasteiger partial charge in [0.15, 0.2) is 11.6 Å². The van der Waals surface area contributed by atoms with Crippen molar-refractivity contribution in [1.29, 1.82) is 0 Å². The summed E-state index contributed by atoms with van der Waals surface area (Å²) in [6.07, 6.45) is 0. The molecule has 0 radical (unpaired) electrons. The van der Waals surface area contributed by atoms with Crippen LogP contribution >= 0.6 is 0 Å². The molecule has 2 amide bonds. The number of carbonyl (C=O) groups excluding carboxylic acids is 2. The monoisotopic (exact) mass is 442 g/mol. The summed E-state index contributed by atoms with van der Waals surface area (Å²) >= 11 is 0. The quantitative estimate of drug-likeness (QED) is 0.624. The Morgan fingerprint density at radius 2 is 1.38 bits per heavy atom. The molecular weight excluding hydrogens is 425 g/mol. The van der Waals surface area contributed by atoms with Gasteiger partial charge in [0.25, 0.3) is 17.4 Å². The van der Waals surface area contributed by atoms with E-state index >= 15 is 0 Å². The maximum Gasteiger partial charge on any atom is 0.274 e. The minimum Gasteiger partial charge on any atom is -0.335 e. The summed E-state index contributed by atoms with van der Waals surface area (Å²) in [5, 5.41) is 4.10. The van der Waals surface area contributed by atoms with E-state index in [4.69, 9.17) is 0 Å². The van der Waals surface area contributed by atoms with Gasteiger partial charge in [-0.15, -0.1) is 0 Å². The maximum absolute atomic E-state index is 13.4. The number of amides is 2. The van der Waals surface area contributed by atoms with Gasteiger partial charge in [-0.1, -0.05) is 0 Å². The van der Waals surface area contributed by atoms with Crippen LogP contribution in [0.25, 0.3) is 5.69 Å². The topological polar surface area (TPSA) is 75.5 Å². The molecule has 7 nitrogen and oxygen atoms in total. The van der Waals surface area contributed by atoms with E-state index in [9.17, 15) is 27.6 Å². The molecule has 4 rings (SSSR count). The zero-order valence-electron chi connectivity index (χ0n) is 16.7. The van der Waals surface area contributed by atoms with Gasteiger partial charge in [0.1, 0.15) is 11.5 Å². The number of halogens is 3. The highest BCUT2D eigenvalue weighted by Gasteiger charge is 2.27. The number of hydrogen-bond donors (Lipinski definition) is 0. The van der Waals surface area contributed by atoms with Gasteiger partial charge < -0.3 is 9.80 Å². The van der Waals surface area contributed by atoms with Crippen LogP contribution in [0.15, 0.2) is 59.4 Å². The molecule has 1 saturated heterocycles. The van der Waals surface area contributed by atoms with Crippen LogP contribution in [0.1, 0.15) is 20.8 Å². The molecule has 1 fully saturated rings. The number of benzene rings is 2. The number of rotatable bonds is 3. The third-order valence-corrected chi connectivity index (χ3v) is 5.11. The van der Waals surface area contributed by atoms with Gasteiger partial charge in [-0.05, 0) is 48.5 Å². The van der Waals surface area contributed by atoms with E-state index in [2.05, 4.69) is 5.10 Å². The first-order valence-corrected chi connectivity index (χ1v) is 9.73. The normalized spacial score (nSPS) is 13.8. The van der Waals surface area contributed by atoms with Gasteiger partial charge >= 0.3 is 0 Å². The molecule has 1 aromatic heterocycles. The Kier molecular flexibility index (Phi) is 5.76. The van der Waals surface area contributed by atoms with Crippen LogP contribution in [0, 0.1) is 17.5 Å². The van der Waals surface area contributed by atoms with Gasteiger partial charge in [-0.3, -0.25) is 14.4 Å². The highest BCUT2D eigenvalue weighted by atomic mass is 19.2. The van der Waals surface area contributed by atoms with Crippen molar-refractivity contribution in [2.75, 3.05) is 26.2 Å². The van der Waals surface area contributed by atoms with Crippen molar-refractivity contribution in [1.82, 2.24) is 19.6 Å². The molecule has 32 heavy (non-hydrogen) atoms. The number of piperazine rings is 1. The molecule has 3 aromatic rings. The molecule has 164 valence electrons. The van der Waals surface area contributed by atoms with Crippen LogP contribution in [-0.4, -0.2) is 57.6 Å². The smallest absolute Gasteiger partial charge is 0.274 e. The van der Waals surface area contributed by atoms with Gasteiger partial charge in [0.2, 0.25) is 0 Å². The molecule has 0 aliphatic carbocycles. The second kappa shape index (κ2) is 8.66. The van der Waals surface area contributed by atoms with E-state index in [-0.39, 0.29) is 37.4 Å².